The van der Waals surface area contributed by atoms with Crippen molar-refractivity contribution in [2.24, 2.45) is 0 Å². The Hall–Kier alpha value is -4.36. The molecule has 0 bridgehead atoms. The SMILES string of the molecule is COc1ccc([C@@H]2C=C(c3ccccc3)Nc3nc(NC(=O)/C=C/c4ccccc4Cl)nn32)cc1. The minimum absolute atomic E-state index is 0.197. The number of aromatic nitrogens is 3. The van der Waals surface area contributed by atoms with Crippen molar-refractivity contribution in [2.75, 3.05) is 17.7 Å². The zero-order valence-corrected chi connectivity index (χ0v) is 19.6. The first-order valence-electron chi connectivity index (χ1n) is 11.0. The van der Waals surface area contributed by atoms with Gasteiger partial charge in [-0.1, -0.05) is 72.3 Å². The van der Waals surface area contributed by atoms with Gasteiger partial charge in [0.15, 0.2) is 0 Å². The normalized spacial score (nSPS) is 14.7. The van der Waals surface area contributed by atoms with Gasteiger partial charge in [-0.25, -0.2) is 4.68 Å². The highest BCUT2D eigenvalue weighted by Gasteiger charge is 2.25. The summed E-state index contributed by atoms with van der Waals surface area (Å²) in [5, 5.41) is 11.2. The van der Waals surface area contributed by atoms with Crippen LogP contribution in [0.25, 0.3) is 11.8 Å². The number of rotatable bonds is 6. The fraction of sp³-hybridized carbons (Fsp3) is 0.0741. The molecule has 0 fully saturated rings. The van der Waals surface area contributed by atoms with Crippen molar-refractivity contribution in [3.05, 3.63) is 113 Å². The van der Waals surface area contributed by atoms with Crippen molar-refractivity contribution in [1.29, 1.82) is 0 Å². The van der Waals surface area contributed by atoms with Gasteiger partial charge in [0.2, 0.25) is 5.95 Å². The lowest BCUT2D eigenvalue weighted by molar-refractivity contribution is -0.111. The Bertz CT molecular complexity index is 1410. The maximum atomic E-state index is 12.5. The van der Waals surface area contributed by atoms with E-state index < -0.39 is 0 Å². The highest BCUT2D eigenvalue weighted by atomic mass is 35.5. The van der Waals surface area contributed by atoms with Crippen LogP contribution in [-0.2, 0) is 4.79 Å². The number of halogens is 1. The molecule has 3 aromatic carbocycles. The molecule has 0 saturated carbocycles. The Morgan fingerprint density at radius 3 is 2.54 bits per heavy atom. The number of amides is 1. The fourth-order valence-corrected chi connectivity index (χ4v) is 4.00. The number of anilines is 2. The number of fused-ring (bicyclic) bond motifs is 1. The molecule has 2 heterocycles. The molecule has 0 radical (unpaired) electrons. The lowest BCUT2D eigenvalue weighted by atomic mass is 10.0. The number of allylic oxidation sites excluding steroid dienone is 1. The van der Waals surface area contributed by atoms with E-state index in [0.717, 1.165) is 28.1 Å². The molecule has 0 unspecified atom stereocenters. The zero-order chi connectivity index (χ0) is 24.2. The lowest BCUT2D eigenvalue weighted by Gasteiger charge is -2.24. The number of hydrogen-bond acceptors (Lipinski definition) is 5. The molecule has 174 valence electrons. The van der Waals surface area contributed by atoms with Crippen LogP contribution in [0.2, 0.25) is 5.02 Å². The van der Waals surface area contributed by atoms with Crippen molar-refractivity contribution < 1.29 is 9.53 Å². The first kappa shape index (κ1) is 22.4. The summed E-state index contributed by atoms with van der Waals surface area (Å²) in [5.74, 6) is 1.14. The largest absolute Gasteiger partial charge is 0.497 e. The van der Waals surface area contributed by atoms with Crippen LogP contribution in [0.3, 0.4) is 0 Å². The second-order valence-corrected chi connectivity index (χ2v) is 8.24. The van der Waals surface area contributed by atoms with Gasteiger partial charge >= 0.3 is 0 Å². The molecule has 5 rings (SSSR count). The number of carbonyl (C=O) groups excluding carboxylic acids is 1. The second kappa shape index (κ2) is 9.87. The fourth-order valence-electron chi connectivity index (χ4n) is 3.80. The summed E-state index contributed by atoms with van der Waals surface area (Å²) in [6.45, 7) is 0. The average Bonchev–Trinajstić information content (AvgIpc) is 3.30. The molecule has 0 aliphatic carbocycles. The molecule has 1 amide bonds. The van der Waals surface area contributed by atoms with E-state index in [-0.39, 0.29) is 17.9 Å². The maximum Gasteiger partial charge on any atom is 0.250 e. The minimum Gasteiger partial charge on any atom is -0.497 e. The Labute approximate surface area is 207 Å². The van der Waals surface area contributed by atoms with Gasteiger partial charge in [-0.15, -0.1) is 5.10 Å². The molecule has 0 saturated heterocycles. The van der Waals surface area contributed by atoms with Gasteiger partial charge in [-0.05, 0) is 47.0 Å². The van der Waals surface area contributed by atoms with E-state index in [1.54, 1.807) is 23.9 Å². The standard InChI is InChI=1S/C27H22ClN5O2/c1-35-21-14-11-20(12-15-21)24-17-23(19-8-3-2-4-9-19)29-27-31-26(32-33(24)27)30-25(34)16-13-18-7-5-6-10-22(18)28/h2-17,24H,1H3,(H2,29,30,31,32,34)/b16-13+/t24-/m0/s1. The highest BCUT2D eigenvalue weighted by molar-refractivity contribution is 6.32. The van der Waals surface area contributed by atoms with Crippen LogP contribution >= 0.6 is 11.6 Å². The molecule has 1 atom stereocenters. The van der Waals surface area contributed by atoms with Gasteiger partial charge < -0.3 is 10.1 Å². The van der Waals surface area contributed by atoms with Crippen molar-refractivity contribution in [3.63, 3.8) is 0 Å². The van der Waals surface area contributed by atoms with Crippen molar-refractivity contribution in [2.45, 2.75) is 6.04 Å². The summed E-state index contributed by atoms with van der Waals surface area (Å²) in [6, 6.07) is 24.9. The summed E-state index contributed by atoms with van der Waals surface area (Å²) < 4.78 is 7.05. The van der Waals surface area contributed by atoms with Gasteiger partial charge in [0, 0.05) is 16.8 Å². The Morgan fingerprint density at radius 1 is 1.06 bits per heavy atom. The van der Waals surface area contributed by atoms with E-state index in [2.05, 4.69) is 26.8 Å². The molecule has 1 aliphatic rings. The van der Waals surface area contributed by atoms with Gasteiger partial charge in [0.05, 0.1) is 7.11 Å². The van der Waals surface area contributed by atoms with Crippen LogP contribution in [0.15, 0.2) is 91.0 Å². The van der Waals surface area contributed by atoms with Gasteiger partial charge in [0.25, 0.3) is 11.9 Å². The summed E-state index contributed by atoms with van der Waals surface area (Å²) >= 11 is 6.16. The molecule has 35 heavy (non-hydrogen) atoms. The third-order valence-corrected chi connectivity index (χ3v) is 5.91. The maximum absolute atomic E-state index is 12.5. The first-order valence-corrected chi connectivity index (χ1v) is 11.4. The molecule has 1 aromatic heterocycles. The Kier molecular flexibility index (Phi) is 6.32. The number of nitrogens with one attached hydrogen (secondary N) is 2. The van der Waals surface area contributed by atoms with E-state index in [0.29, 0.717) is 11.0 Å². The first-order chi connectivity index (χ1) is 17.1. The van der Waals surface area contributed by atoms with Crippen molar-refractivity contribution in [1.82, 2.24) is 14.8 Å². The molecule has 2 N–H and O–H groups in total. The Balaban J connectivity index is 1.43. The van der Waals surface area contributed by atoms with Gasteiger partial charge in [-0.2, -0.15) is 4.98 Å². The molecule has 0 spiro atoms. The molecule has 4 aromatic rings. The minimum atomic E-state index is -0.356. The molecule has 8 heteroatoms. The predicted molar refractivity (Wildman–Crippen MR) is 138 cm³/mol. The summed E-state index contributed by atoms with van der Waals surface area (Å²) in [4.78, 5) is 17.1. The van der Waals surface area contributed by atoms with Crippen molar-refractivity contribution >= 4 is 41.2 Å². The summed E-state index contributed by atoms with van der Waals surface area (Å²) in [7, 11) is 1.64. The topological polar surface area (TPSA) is 81.1 Å². The molecular formula is C27H22ClN5O2. The van der Waals surface area contributed by atoms with E-state index in [1.165, 1.54) is 6.08 Å². The summed E-state index contributed by atoms with van der Waals surface area (Å²) in [5.41, 5.74) is 3.68. The Morgan fingerprint density at radius 2 is 1.80 bits per heavy atom. The monoisotopic (exact) mass is 483 g/mol. The van der Waals surface area contributed by atoms with Gasteiger partial charge in [-0.3, -0.25) is 10.1 Å². The number of nitrogens with zero attached hydrogens (tertiary/aromatic N) is 3. The van der Waals surface area contributed by atoms with Gasteiger partial charge in [0.1, 0.15) is 11.8 Å². The summed E-state index contributed by atoms with van der Waals surface area (Å²) in [6.07, 6.45) is 5.14. The number of hydrogen-bond donors (Lipinski definition) is 2. The third-order valence-electron chi connectivity index (χ3n) is 5.56. The second-order valence-electron chi connectivity index (χ2n) is 7.84. The van der Waals surface area contributed by atoms with Crippen LogP contribution in [0.1, 0.15) is 22.7 Å². The smallest absolute Gasteiger partial charge is 0.250 e. The zero-order valence-electron chi connectivity index (χ0n) is 18.9. The van der Waals surface area contributed by atoms with Crippen LogP contribution in [-0.4, -0.2) is 27.8 Å². The van der Waals surface area contributed by atoms with Crippen molar-refractivity contribution in [3.8, 4) is 5.75 Å². The van der Waals surface area contributed by atoms with Crippen LogP contribution in [0.5, 0.6) is 5.75 Å². The third kappa shape index (κ3) is 4.95. The van der Waals surface area contributed by atoms with Crippen LogP contribution < -0.4 is 15.4 Å². The van der Waals surface area contributed by atoms with E-state index in [1.807, 2.05) is 72.8 Å². The highest BCUT2D eigenvalue weighted by Crippen LogP contribution is 2.33. The van der Waals surface area contributed by atoms with Crippen LogP contribution in [0, 0.1) is 0 Å². The number of benzene rings is 3. The number of carbonyl (C=O) groups is 1. The van der Waals surface area contributed by atoms with E-state index >= 15 is 0 Å². The van der Waals surface area contributed by atoms with Crippen LogP contribution in [0.4, 0.5) is 11.9 Å². The quantitative estimate of drug-likeness (QED) is 0.346. The molecule has 7 nitrogen and oxygen atoms in total. The van der Waals surface area contributed by atoms with E-state index in [9.17, 15) is 4.79 Å². The number of ether oxygens (including phenoxy) is 1. The molecule has 1 aliphatic heterocycles. The number of methoxy groups -OCH3 is 1. The lowest BCUT2D eigenvalue weighted by Crippen LogP contribution is -2.20. The van der Waals surface area contributed by atoms with E-state index in [4.69, 9.17) is 16.3 Å². The predicted octanol–water partition coefficient (Wildman–Crippen LogP) is 5.65. The molecular weight excluding hydrogens is 462 g/mol. The average molecular weight is 484 g/mol.